The summed E-state index contributed by atoms with van der Waals surface area (Å²) in [6.45, 7) is 2.74. The molecule has 3 heteroatoms. The highest BCUT2D eigenvalue weighted by Crippen LogP contribution is 2.05. The van der Waals surface area contributed by atoms with Gasteiger partial charge in [0.1, 0.15) is 0 Å². The number of aliphatic hydroxyl groups excluding tert-OH is 1. The first-order valence-electron chi connectivity index (χ1n) is 2.54. The van der Waals surface area contributed by atoms with Crippen molar-refractivity contribution in [2.45, 2.75) is 32.2 Å². The standard InChI is InChI=1S/C5H12O3/c1-4(6)3-5(2,7)8/h4,6-8H,3H2,1-2H3. The van der Waals surface area contributed by atoms with Crippen molar-refractivity contribution in [2.75, 3.05) is 0 Å². The highest BCUT2D eigenvalue weighted by Gasteiger charge is 2.16. The topological polar surface area (TPSA) is 60.7 Å². The maximum Gasteiger partial charge on any atom is 0.162 e. The predicted octanol–water partition coefficient (Wildman–Crippen LogP) is -0.542. The summed E-state index contributed by atoms with van der Waals surface area (Å²) >= 11 is 0. The number of hydrogen-bond acceptors (Lipinski definition) is 3. The summed E-state index contributed by atoms with van der Waals surface area (Å²) in [5, 5.41) is 25.7. The molecule has 0 aliphatic heterocycles. The molecule has 0 aromatic carbocycles. The van der Waals surface area contributed by atoms with Crippen molar-refractivity contribution in [3.05, 3.63) is 0 Å². The Morgan fingerprint density at radius 3 is 1.88 bits per heavy atom. The molecule has 0 aliphatic rings. The van der Waals surface area contributed by atoms with E-state index in [1.165, 1.54) is 13.8 Å². The molecule has 0 saturated carbocycles. The quantitative estimate of drug-likeness (QED) is 0.429. The Morgan fingerprint density at radius 1 is 1.50 bits per heavy atom. The molecule has 3 nitrogen and oxygen atoms in total. The SMILES string of the molecule is CC(O)CC(C)(O)O. The Balaban J connectivity index is 3.39. The largest absolute Gasteiger partial charge is 0.393 e. The highest BCUT2D eigenvalue weighted by molar-refractivity contribution is 4.59. The molecule has 1 unspecified atom stereocenters. The van der Waals surface area contributed by atoms with Crippen LogP contribution in [0.25, 0.3) is 0 Å². The number of hydrogen-bond donors (Lipinski definition) is 3. The minimum atomic E-state index is -1.73. The monoisotopic (exact) mass is 120 g/mol. The van der Waals surface area contributed by atoms with Crippen LogP contribution in [0.3, 0.4) is 0 Å². The van der Waals surface area contributed by atoms with E-state index in [-0.39, 0.29) is 6.42 Å². The second-order valence-electron chi connectivity index (χ2n) is 2.27. The van der Waals surface area contributed by atoms with E-state index >= 15 is 0 Å². The van der Waals surface area contributed by atoms with Gasteiger partial charge >= 0.3 is 0 Å². The molecule has 0 heterocycles. The van der Waals surface area contributed by atoms with Gasteiger partial charge in [-0.05, 0) is 13.8 Å². The summed E-state index contributed by atoms with van der Waals surface area (Å²) in [5.74, 6) is -1.73. The lowest BCUT2D eigenvalue weighted by Gasteiger charge is -2.16. The molecular weight excluding hydrogens is 108 g/mol. The van der Waals surface area contributed by atoms with Gasteiger partial charge in [-0.2, -0.15) is 0 Å². The van der Waals surface area contributed by atoms with E-state index in [2.05, 4.69) is 0 Å². The van der Waals surface area contributed by atoms with Crippen LogP contribution in [0.15, 0.2) is 0 Å². The summed E-state index contributed by atoms with van der Waals surface area (Å²) in [5.41, 5.74) is 0. The molecule has 0 saturated heterocycles. The fourth-order valence-corrected chi connectivity index (χ4v) is 0.560. The number of aliphatic hydroxyl groups is 3. The number of rotatable bonds is 2. The molecule has 8 heavy (non-hydrogen) atoms. The normalized spacial score (nSPS) is 16.1. The van der Waals surface area contributed by atoms with Crippen LogP contribution in [0.1, 0.15) is 20.3 Å². The second kappa shape index (κ2) is 2.44. The van der Waals surface area contributed by atoms with Crippen LogP contribution in [0.4, 0.5) is 0 Å². The van der Waals surface area contributed by atoms with Crippen LogP contribution in [0, 0.1) is 0 Å². The molecule has 0 aliphatic carbocycles. The molecule has 3 N–H and O–H groups in total. The lowest BCUT2D eigenvalue weighted by molar-refractivity contribution is -0.163. The van der Waals surface area contributed by atoms with Gasteiger partial charge in [0.15, 0.2) is 5.79 Å². The van der Waals surface area contributed by atoms with Gasteiger partial charge < -0.3 is 15.3 Å². The van der Waals surface area contributed by atoms with Gasteiger partial charge in [0.2, 0.25) is 0 Å². The average Bonchev–Trinajstić information content (AvgIpc) is 1.21. The predicted molar refractivity (Wildman–Crippen MR) is 29.1 cm³/mol. The van der Waals surface area contributed by atoms with Gasteiger partial charge in [-0.3, -0.25) is 0 Å². The van der Waals surface area contributed by atoms with Gasteiger partial charge in [0.25, 0.3) is 0 Å². The first-order chi connectivity index (χ1) is 3.42. The highest BCUT2D eigenvalue weighted by atomic mass is 16.5. The molecule has 0 radical (unpaired) electrons. The molecule has 50 valence electrons. The van der Waals surface area contributed by atoms with E-state index in [9.17, 15) is 0 Å². The smallest absolute Gasteiger partial charge is 0.162 e. The van der Waals surface area contributed by atoms with Gasteiger partial charge in [-0.1, -0.05) is 0 Å². The maximum atomic E-state index is 8.58. The van der Waals surface area contributed by atoms with Crippen molar-refractivity contribution in [1.82, 2.24) is 0 Å². The van der Waals surface area contributed by atoms with E-state index in [0.29, 0.717) is 0 Å². The molecular formula is C5H12O3. The van der Waals surface area contributed by atoms with Crippen molar-refractivity contribution < 1.29 is 15.3 Å². The third-order valence-electron chi connectivity index (χ3n) is 0.682. The maximum absolute atomic E-state index is 8.58. The minimum Gasteiger partial charge on any atom is -0.393 e. The van der Waals surface area contributed by atoms with E-state index in [1.54, 1.807) is 0 Å². The van der Waals surface area contributed by atoms with Crippen LogP contribution in [-0.4, -0.2) is 27.2 Å². The zero-order chi connectivity index (χ0) is 6.78. The van der Waals surface area contributed by atoms with Gasteiger partial charge in [-0.15, -0.1) is 0 Å². The van der Waals surface area contributed by atoms with Gasteiger partial charge in [-0.25, -0.2) is 0 Å². The zero-order valence-electron chi connectivity index (χ0n) is 5.13. The Labute approximate surface area is 48.6 Å². The lowest BCUT2D eigenvalue weighted by Crippen LogP contribution is -2.27. The molecule has 0 amide bonds. The van der Waals surface area contributed by atoms with E-state index in [0.717, 1.165) is 0 Å². The molecule has 0 aromatic heterocycles. The van der Waals surface area contributed by atoms with E-state index < -0.39 is 11.9 Å². The van der Waals surface area contributed by atoms with Crippen LogP contribution in [0.2, 0.25) is 0 Å². The summed E-state index contributed by atoms with van der Waals surface area (Å²) in [6.07, 6.45) is -0.664. The summed E-state index contributed by atoms with van der Waals surface area (Å²) in [6, 6.07) is 0. The second-order valence-corrected chi connectivity index (χ2v) is 2.27. The lowest BCUT2D eigenvalue weighted by atomic mass is 10.1. The first-order valence-corrected chi connectivity index (χ1v) is 2.54. The van der Waals surface area contributed by atoms with Crippen LogP contribution >= 0.6 is 0 Å². The van der Waals surface area contributed by atoms with Gasteiger partial charge in [0.05, 0.1) is 6.10 Å². The van der Waals surface area contributed by atoms with E-state index in [1.807, 2.05) is 0 Å². The van der Waals surface area contributed by atoms with Crippen LogP contribution < -0.4 is 0 Å². The molecule has 0 bridgehead atoms. The van der Waals surface area contributed by atoms with Crippen molar-refractivity contribution in [2.24, 2.45) is 0 Å². The van der Waals surface area contributed by atoms with Crippen LogP contribution in [-0.2, 0) is 0 Å². The van der Waals surface area contributed by atoms with Crippen LogP contribution in [0.5, 0.6) is 0 Å². The van der Waals surface area contributed by atoms with Crippen molar-refractivity contribution in [1.29, 1.82) is 0 Å². The molecule has 0 rings (SSSR count). The Bertz CT molecular complexity index is 62.6. The summed E-state index contributed by atoms with van der Waals surface area (Å²) in [7, 11) is 0. The summed E-state index contributed by atoms with van der Waals surface area (Å²) < 4.78 is 0. The fourth-order valence-electron chi connectivity index (χ4n) is 0.560. The zero-order valence-corrected chi connectivity index (χ0v) is 5.13. The third-order valence-corrected chi connectivity index (χ3v) is 0.682. The fraction of sp³-hybridized carbons (Fsp3) is 1.00. The first kappa shape index (κ1) is 7.88. The van der Waals surface area contributed by atoms with E-state index in [4.69, 9.17) is 15.3 Å². The molecule has 0 aromatic rings. The minimum absolute atomic E-state index is 0.00694. The Morgan fingerprint density at radius 2 is 1.88 bits per heavy atom. The Hall–Kier alpha value is -0.120. The molecule has 0 spiro atoms. The van der Waals surface area contributed by atoms with Crippen molar-refractivity contribution >= 4 is 0 Å². The third kappa shape index (κ3) is 5.88. The summed E-state index contributed by atoms with van der Waals surface area (Å²) in [4.78, 5) is 0. The van der Waals surface area contributed by atoms with Crippen molar-refractivity contribution in [3.8, 4) is 0 Å². The Kier molecular flexibility index (Phi) is 2.40. The van der Waals surface area contributed by atoms with Crippen molar-refractivity contribution in [3.63, 3.8) is 0 Å². The van der Waals surface area contributed by atoms with Gasteiger partial charge in [0, 0.05) is 6.42 Å². The molecule has 0 fully saturated rings. The molecule has 1 atom stereocenters. The average molecular weight is 120 g/mol.